The molecule has 40 atom stereocenters. The van der Waals surface area contributed by atoms with E-state index < -0.39 is 357 Å². The number of nitrogens with one attached hydrogen (secondary N) is 2. The van der Waals surface area contributed by atoms with E-state index in [9.17, 15) is 152 Å². The van der Waals surface area contributed by atoms with Crippen molar-refractivity contribution in [3.8, 4) is 0 Å². The summed E-state index contributed by atoms with van der Waals surface area (Å²) in [7, 11) is 0. The Kier molecular flexibility index (Phi) is 38.1. The Morgan fingerprint density at radius 1 is 0.630 bits per heavy atom. The number of piperazine rings is 1. The first-order valence-electron chi connectivity index (χ1n) is 46.2. The van der Waals surface area contributed by atoms with Gasteiger partial charge in [-0.15, -0.1) is 0 Å². The highest BCUT2D eigenvalue weighted by atomic mass is 16.8. The Balaban J connectivity index is 1.02. The summed E-state index contributed by atoms with van der Waals surface area (Å²) in [5.41, 5.74) is -3.60. The number of hydrogen-bond acceptors (Lipinski definition) is 47. The van der Waals surface area contributed by atoms with E-state index in [-0.39, 0.29) is 64.2 Å². The van der Waals surface area contributed by atoms with Gasteiger partial charge in [-0.05, 0) is 131 Å². The number of ether oxygens (including phenoxy) is 15. The van der Waals surface area contributed by atoms with Gasteiger partial charge < -0.3 is 219 Å². The highest BCUT2D eigenvalue weighted by molar-refractivity contribution is 5.80. The molecule has 4 saturated carbocycles. The van der Waals surface area contributed by atoms with E-state index in [0.717, 1.165) is 13.8 Å². The lowest BCUT2D eigenvalue weighted by Crippen LogP contribution is -2.69. The third-order valence-electron chi connectivity index (χ3n) is 29.4. The van der Waals surface area contributed by atoms with Gasteiger partial charge in [-0.3, -0.25) is 9.59 Å². The van der Waals surface area contributed by atoms with Crippen molar-refractivity contribution in [2.75, 3.05) is 52.8 Å². The predicted molar refractivity (Wildman–Crippen MR) is 461 cm³/mol. The number of carbonyl (C=O) groups is 4. The minimum atomic E-state index is -2.95. The van der Waals surface area contributed by atoms with Crippen LogP contribution in [-0.4, -0.2) is 423 Å². The number of urea groups is 1. The summed E-state index contributed by atoms with van der Waals surface area (Å²) in [6, 6.07) is -0.542. The quantitative estimate of drug-likeness (QED) is 0.00532. The lowest BCUT2D eigenvalue weighted by atomic mass is 9.31. The van der Waals surface area contributed by atoms with Crippen molar-refractivity contribution in [1.82, 2.24) is 15.6 Å². The van der Waals surface area contributed by atoms with Gasteiger partial charge in [0.25, 0.3) is 12.6 Å². The number of aliphatic hydroxyl groups excluding tert-OH is 26. The molecule has 9 fully saturated rings. The van der Waals surface area contributed by atoms with Gasteiger partial charge >= 0.3 is 23.9 Å². The Hall–Kier alpha value is -6.83. The molecule has 5 aliphatic carbocycles. The number of nitrogens with zero attached hydrogens (tertiary/aromatic N) is 2. The third-order valence-corrected chi connectivity index (χ3v) is 29.4. The van der Waals surface area contributed by atoms with E-state index in [0.29, 0.717) is 31.8 Å². The normalized spacial score (nSPS) is 39.8. The lowest BCUT2D eigenvalue weighted by Gasteiger charge is -2.72. The molecule has 138 heavy (non-hydrogen) atoms. The summed E-state index contributed by atoms with van der Waals surface area (Å²) in [4.78, 5) is 57.6. The van der Waals surface area contributed by atoms with Gasteiger partial charge in [0, 0.05) is 57.8 Å². The molecule has 50 nitrogen and oxygen atoms in total. The maximum atomic E-state index is 16.3. The van der Waals surface area contributed by atoms with Crippen LogP contribution in [0.1, 0.15) is 160 Å². The second-order valence-corrected chi connectivity index (χ2v) is 39.1. The molecule has 29 N–H and O–H groups in total. The summed E-state index contributed by atoms with van der Waals surface area (Å²) < 4.78 is 87.2. The maximum absolute atomic E-state index is 16.3. The number of hydrogen-bond donors (Lipinski definition) is 29. The summed E-state index contributed by atoms with van der Waals surface area (Å²) in [6.07, 6.45) is -62.8. The van der Waals surface area contributed by atoms with Gasteiger partial charge in [0.2, 0.25) is 30.4 Å². The summed E-state index contributed by atoms with van der Waals surface area (Å²) >= 11 is 0. The molecule has 2 amide bonds. The molecule has 5 heterocycles. The van der Waals surface area contributed by atoms with Crippen molar-refractivity contribution in [2.45, 2.75) is 357 Å². The van der Waals surface area contributed by atoms with Gasteiger partial charge in [0.15, 0.2) is 71.9 Å². The highest BCUT2D eigenvalue weighted by Gasteiger charge is 2.74. The molecular formula is C88H142N4O46. The summed E-state index contributed by atoms with van der Waals surface area (Å²) in [5.74, 6) is -16.8. The molecule has 790 valence electrons. The van der Waals surface area contributed by atoms with E-state index in [1.807, 2.05) is 33.8 Å². The van der Waals surface area contributed by atoms with Crippen LogP contribution in [0.3, 0.4) is 0 Å². The van der Waals surface area contributed by atoms with Gasteiger partial charge in [-0.1, -0.05) is 67.0 Å². The van der Waals surface area contributed by atoms with Crippen molar-refractivity contribution in [2.24, 2.45) is 55.3 Å². The van der Waals surface area contributed by atoms with Crippen LogP contribution in [0.5, 0.6) is 0 Å². The van der Waals surface area contributed by atoms with Gasteiger partial charge in [0.1, 0.15) is 116 Å². The van der Waals surface area contributed by atoms with Crippen LogP contribution in [0.15, 0.2) is 62.8 Å². The number of fused-ring (bicyclic) bond motifs is 7. The topological polar surface area (TPSA) is 793 Å². The minimum absolute atomic E-state index is 0.0158. The van der Waals surface area contributed by atoms with Crippen molar-refractivity contribution in [1.29, 1.82) is 0 Å². The number of esters is 2. The van der Waals surface area contributed by atoms with Crippen LogP contribution in [0.4, 0.5) is 4.79 Å². The van der Waals surface area contributed by atoms with E-state index in [1.54, 1.807) is 11.1 Å². The maximum Gasteiger partial charge on any atom is 0.337 e. The van der Waals surface area contributed by atoms with E-state index in [4.69, 9.17) is 71.1 Å². The fraction of sp³-hybridized carbons (Fsp3) is 0.830. The van der Waals surface area contributed by atoms with E-state index in [1.165, 1.54) is 27.7 Å². The number of carbonyl (C=O) groups excluding carboxylic acids is 3. The first-order valence-corrected chi connectivity index (χ1v) is 46.2. The second-order valence-electron chi connectivity index (χ2n) is 39.1. The Labute approximate surface area is 794 Å². The van der Waals surface area contributed by atoms with E-state index in [2.05, 4.69) is 29.7 Å². The van der Waals surface area contributed by atoms with Crippen LogP contribution in [0.2, 0.25) is 0 Å². The molecule has 5 saturated heterocycles. The van der Waals surface area contributed by atoms with Crippen LogP contribution in [0.25, 0.3) is 0 Å². The zero-order valence-corrected chi connectivity index (χ0v) is 78.7. The molecule has 10 rings (SSSR count). The molecular weight excluding hydrogens is 1850 g/mol. The van der Waals surface area contributed by atoms with Crippen LogP contribution in [0, 0.1) is 50.2 Å². The summed E-state index contributed by atoms with van der Waals surface area (Å²) in [6.45, 7) is 16.9. The molecule has 0 aromatic heterocycles. The zero-order chi connectivity index (χ0) is 103. The molecule has 0 radical (unpaired) electrons. The SMILES string of the molecule is CCC(OC(C)=O)/C(OC(O)/C(O)=C(/O)C(C)O)=C(/O)C(O)OC(CC)/C(O)=C(\OC1OC(C)C(OC(OCO)C(O)[C@H](C)OC2OC(CO)C(O)C(O)C2O)C(O)C1O)C(O)OC(=O)[C@]12CCC(C)(C)CC1C1=CCC3[C@@]4(C)CC[C@H](OC5OC(C(=O)O)C(O)C(OC6OCC(O)C(O)C6O)C5OC(O)/C(O)=C(/O)C(O)CCO)CC4[C@@](C)(/C=N/NC(=O)N4CCNCC4)C[C@@]3(C)[C@]1(C)C[C@H]2O. The average Bonchev–Trinajstić information content (AvgIpc) is 0.664. The van der Waals surface area contributed by atoms with E-state index >= 15 is 4.79 Å². The van der Waals surface area contributed by atoms with Crippen molar-refractivity contribution in [3.63, 3.8) is 0 Å². The Bertz CT molecular complexity index is 4290. The molecule has 0 spiro atoms. The standard InChI is InChI=1S/C88H142N4O46/c1-13-44(130-74(120)64(115)66(45(14-2)128-38(6)97)132-72(118)58(109)50(101)35(3)96)55(106)69(137-79-62(113)57(108)65(37(5)127-79)134-76(125-34-95)51(102)36(4)126-78-61(112)56(107)54(105)46(30-94)131-78)75(121)138-81(122)88-21-20-83(7,8)28-41(88)40-15-16-47-85(10)19-17-39(27-48(85)84(9,32-87(47,12)86(40,11)29-49(88)100)33-90-91-82(123)92-24-22-89-23-25-92)129-80-70(133-73(119)59(110)52(103)42(98)18-26-93)67(63(114)68(136-80)71(116)117)135-77-60(111)53(104)43(99)31-124-77/h15,33,35-37,39,41-49,51,53-54,56-57,60-63,65,67-68,70,72-80,89,93-96,98-115,118-121H,13-14,16-32,34H2,1-12H3,(H,91,123)(H,116,117)/b58-50-,59-52-,66-64-,69-55+,90-33+/t35?,36-,37?,39-,41?,42?,43?,44?,45?,46?,47?,48?,49+,51?,53?,54?,56?,57?,60?,61?,62?,63?,65?,67?,68?,70?,72?,73?,74?,75?,76?,77?,78?,79?,80?,84+,85+,86+,87+,88+/m0/s1. The van der Waals surface area contributed by atoms with Crippen LogP contribution >= 0.6 is 0 Å². The number of aliphatic carboxylic acids is 1. The fourth-order valence-corrected chi connectivity index (χ4v) is 21.7. The molecule has 0 aromatic carbocycles. The number of rotatable bonds is 39. The molecule has 10 aliphatic rings. The van der Waals surface area contributed by atoms with Crippen LogP contribution < -0.4 is 10.7 Å². The van der Waals surface area contributed by atoms with Gasteiger partial charge in [-0.25, -0.2) is 15.0 Å². The molecule has 32 unspecified atom stereocenters. The zero-order valence-electron chi connectivity index (χ0n) is 78.7. The molecule has 0 bridgehead atoms. The average molecular weight is 1990 g/mol. The Morgan fingerprint density at radius 3 is 1.89 bits per heavy atom. The van der Waals surface area contributed by atoms with Crippen LogP contribution in [-0.2, 0) is 85.4 Å². The van der Waals surface area contributed by atoms with Gasteiger partial charge in [-0.2, -0.15) is 5.10 Å². The minimum Gasteiger partial charge on any atom is -0.506 e. The first kappa shape index (κ1) is 113. The van der Waals surface area contributed by atoms with Crippen molar-refractivity contribution >= 4 is 30.2 Å². The van der Waals surface area contributed by atoms with Crippen molar-refractivity contribution in [3.05, 3.63) is 57.7 Å². The largest absolute Gasteiger partial charge is 0.506 e. The number of hydrazone groups is 1. The first-order chi connectivity index (χ1) is 64.6. The number of carboxylic acid groups (broad SMARTS) is 1. The monoisotopic (exact) mass is 1990 g/mol. The number of amides is 2. The smallest absolute Gasteiger partial charge is 0.337 e. The predicted octanol–water partition coefficient (Wildman–Crippen LogP) is -3.88. The molecule has 5 aliphatic heterocycles. The Morgan fingerprint density at radius 2 is 1.28 bits per heavy atom. The lowest BCUT2D eigenvalue weighted by molar-refractivity contribution is -0.367. The number of allylic oxidation sites excluding steroid dienone is 2. The highest BCUT2D eigenvalue weighted by Crippen LogP contribution is 2.77. The number of aliphatic hydroxyl groups is 26. The fourth-order valence-electron chi connectivity index (χ4n) is 21.7. The summed E-state index contributed by atoms with van der Waals surface area (Å²) in [5, 5.41) is 308. The number of carboxylic acids is 1. The molecule has 0 aromatic rings. The second kappa shape index (κ2) is 46.5. The van der Waals surface area contributed by atoms with Crippen molar-refractivity contribution < 1.29 is 228 Å². The van der Waals surface area contributed by atoms with Gasteiger partial charge in [0.05, 0.1) is 37.6 Å². The third kappa shape index (κ3) is 23.6. The molecule has 50 heteroatoms.